The Kier molecular flexibility index (Phi) is 6.28. The highest BCUT2D eigenvalue weighted by atomic mass is 19.4. The van der Waals surface area contributed by atoms with Crippen LogP contribution in [-0.2, 0) is 16.9 Å². The monoisotopic (exact) mass is 497 g/mol. The first-order chi connectivity index (χ1) is 16.8. The second-order valence-electron chi connectivity index (χ2n) is 9.15. The molecule has 3 amide bonds. The molecule has 1 saturated heterocycles. The van der Waals surface area contributed by atoms with Crippen LogP contribution in [0.5, 0.6) is 0 Å². The molecule has 1 aromatic heterocycles. The maximum absolute atomic E-state index is 13.9. The summed E-state index contributed by atoms with van der Waals surface area (Å²) in [6.45, 7) is 4.90. The van der Waals surface area contributed by atoms with Gasteiger partial charge in [-0.05, 0) is 56.0 Å². The predicted molar refractivity (Wildman–Crippen MR) is 128 cm³/mol. The Balaban J connectivity index is 1.72. The summed E-state index contributed by atoms with van der Waals surface area (Å²) in [5, 5.41) is 2.80. The molecule has 2 aromatic carbocycles. The number of aryl methyl sites for hydroxylation is 3. The van der Waals surface area contributed by atoms with E-state index < -0.39 is 42.5 Å². The minimum atomic E-state index is -4.46. The number of hydrogen-bond acceptors (Lipinski definition) is 3. The average Bonchev–Trinajstić information content (AvgIpc) is 3.23. The van der Waals surface area contributed by atoms with Gasteiger partial charge in [0.2, 0.25) is 0 Å². The molecule has 0 spiro atoms. The first kappa shape index (κ1) is 25.2. The Morgan fingerprint density at radius 3 is 2.19 bits per heavy atom. The number of carbonyl (C=O) groups is 3. The first-order valence-corrected chi connectivity index (χ1v) is 11.4. The molecule has 1 N–H and O–H groups in total. The van der Waals surface area contributed by atoms with Gasteiger partial charge in [-0.3, -0.25) is 14.5 Å². The number of carbonyl (C=O) groups excluding carboxylic acids is 3. The van der Waals surface area contributed by atoms with Gasteiger partial charge in [-0.15, -0.1) is 0 Å². The van der Waals surface area contributed by atoms with Crippen LogP contribution in [-0.4, -0.2) is 39.9 Å². The summed E-state index contributed by atoms with van der Waals surface area (Å²) in [5.41, 5.74) is 1.92. The molecule has 9 heteroatoms. The average molecular weight is 498 g/mol. The van der Waals surface area contributed by atoms with Gasteiger partial charge in [0, 0.05) is 17.0 Å². The Morgan fingerprint density at radius 1 is 0.917 bits per heavy atom. The van der Waals surface area contributed by atoms with Crippen molar-refractivity contribution in [2.45, 2.75) is 46.0 Å². The van der Waals surface area contributed by atoms with E-state index in [0.29, 0.717) is 11.1 Å². The molecule has 2 heterocycles. The molecule has 0 aliphatic carbocycles. The van der Waals surface area contributed by atoms with E-state index in [0.717, 1.165) is 20.6 Å². The van der Waals surface area contributed by atoms with Crippen LogP contribution in [0.3, 0.4) is 0 Å². The van der Waals surface area contributed by atoms with Gasteiger partial charge in [0.15, 0.2) is 11.3 Å². The molecule has 1 unspecified atom stereocenters. The van der Waals surface area contributed by atoms with E-state index in [1.165, 1.54) is 19.9 Å². The summed E-state index contributed by atoms with van der Waals surface area (Å²) in [6.07, 6.45) is -4.46. The van der Waals surface area contributed by atoms with Crippen molar-refractivity contribution in [3.8, 4) is 0 Å². The Bertz CT molecular complexity index is 1360. The van der Waals surface area contributed by atoms with Gasteiger partial charge in [0.05, 0.1) is 6.54 Å². The molecule has 6 nitrogen and oxygen atoms in total. The summed E-state index contributed by atoms with van der Waals surface area (Å²) < 4.78 is 40.0. The number of ketones is 1. The normalized spacial score (nSPS) is 18.0. The standard InChI is InChI=1S/C27H26F3N3O3/c1-16-10-11-21(12-17(16)2)27(20-8-6-5-7-9-20)24(35)32(25(36)31-27)14-23(34)22-13-18(3)33(19(22)4)15-26(28,29)30/h5-13H,14-15H2,1-4H3,(H,31,36). The Labute approximate surface area is 206 Å². The van der Waals surface area contributed by atoms with E-state index >= 15 is 0 Å². The number of amides is 3. The van der Waals surface area contributed by atoms with Crippen LogP contribution < -0.4 is 5.32 Å². The molecule has 0 radical (unpaired) electrons. The van der Waals surface area contributed by atoms with Crippen molar-refractivity contribution in [3.63, 3.8) is 0 Å². The van der Waals surface area contributed by atoms with Gasteiger partial charge in [-0.1, -0.05) is 48.5 Å². The van der Waals surface area contributed by atoms with Crippen molar-refractivity contribution in [1.29, 1.82) is 0 Å². The maximum Gasteiger partial charge on any atom is 0.406 e. The minimum absolute atomic E-state index is 0.0424. The fourth-order valence-corrected chi connectivity index (χ4v) is 4.68. The van der Waals surface area contributed by atoms with E-state index in [1.807, 2.05) is 26.0 Å². The number of urea groups is 1. The number of nitrogens with zero attached hydrogens (tertiary/aromatic N) is 2. The third-order valence-corrected chi connectivity index (χ3v) is 6.77. The molecule has 1 aliphatic rings. The molecule has 0 saturated carbocycles. The second kappa shape index (κ2) is 8.96. The maximum atomic E-state index is 13.9. The topological polar surface area (TPSA) is 71.4 Å². The van der Waals surface area contributed by atoms with Crippen molar-refractivity contribution in [3.05, 3.63) is 93.8 Å². The smallest absolute Gasteiger partial charge is 0.339 e. The van der Waals surface area contributed by atoms with Gasteiger partial charge in [-0.25, -0.2) is 4.79 Å². The minimum Gasteiger partial charge on any atom is -0.339 e. The van der Waals surface area contributed by atoms with E-state index in [9.17, 15) is 27.6 Å². The first-order valence-electron chi connectivity index (χ1n) is 11.4. The van der Waals surface area contributed by atoms with Gasteiger partial charge in [-0.2, -0.15) is 13.2 Å². The predicted octanol–water partition coefficient (Wildman–Crippen LogP) is 4.96. The summed E-state index contributed by atoms with van der Waals surface area (Å²) in [6, 6.07) is 14.8. The largest absolute Gasteiger partial charge is 0.406 e. The molecule has 4 rings (SSSR count). The lowest BCUT2D eigenvalue weighted by atomic mass is 9.81. The molecule has 1 atom stereocenters. The Morgan fingerprint density at radius 2 is 1.58 bits per heavy atom. The van der Waals surface area contributed by atoms with Crippen molar-refractivity contribution < 1.29 is 27.6 Å². The van der Waals surface area contributed by atoms with E-state index in [4.69, 9.17) is 0 Å². The van der Waals surface area contributed by atoms with Crippen LogP contribution in [0.15, 0.2) is 54.6 Å². The summed E-state index contributed by atoms with van der Waals surface area (Å²) in [7, 11) is 0. The lowest BCUT2D eigenvalue weighted by Gasteiger charge is -2.28. The van der Waals surface area contributed by atoms with Crippen LogP contribution in [0.4, 0.5) is 18.0 Å². The fraction of sp³-hybridized carbons (Fsp3) is 0.296. The lowest BCUT2D eigenvalue weighted by molar-refractivity contribution is -0.141. The van der Waals surface area contributed by atoms with Gasteiger partial charge in [0.25, 0.3) is 5.91 Å². The van der Waals surface area contributed by atoms with Gasteiger partial charge in [0.1, 0.15) is 6.54 Å². The van der Waals surface area contributed by atoms with Crippen LogP contribution in [0.2, 0.25) is 0 Å². The second-order valence-corrected chi connectivity index (χ2v) is 9.15. The highest BCUT2D eigenvalue weighted by Crippen LogP contribution is 2.37. The third-order valence-electron chi connectivity index (χ3n) is 6.77. The third kappa shape index (κ3) is 4.29. The number of imide groups is 1. The van der Waals surface area contributed by atoms with Crippen molar-refractivity contribution in [1.82, 2.24) is 14.8 Å². The molecule has 1 aliphatic heterocycles. The van der Waals surface area contributed by atoms with Crippen LogP contribution in [0, 0.1) is 27.7 Å². The zero-order valence-corrected chi connectivity index (χ0v) is 20.4. The molecular formula is C27H26F3N3O3. The van der Waals surface area contributed by atoms with Crippen LogP contribution in [0.1, 0.15) is 44.0 Å². The van der Waals surface area contributed by atoms with E-state index in [-0.39, 0.29) is 17.0 Å². The lowest BCUT2D eigenvalue weighted by Crippen LogP contribution is -2.45. The Hall–Kier alpha value is -3.88. The van der Waals surface area contributed by atoms with Gasteiger partial charge < -0.3 is 9.88 Å². The number of alkyl halides is 3. The number of aromatic nitrogens is 1. The highest BCUT2D eigenvalue weighted by molar-refractivity contribution is 6.13. The quantitative estimate of drug-likeness (QED) is 0.387. The molecule has 3 aromatic rings. The van der Waals surface area contributed by atoms with Crippen molar-refractivity contribution in [2.24, 2.45) is 0 Å². The van der Waals surface area contributed by atoms with Gasteiger partial charge >= 0.3 is 12.2 Å². The summed E-state index contributed by atoms with van der Waals surface area (Å²) in [5.74, 6) is -1.25. The van der Waals surface area contributed by atoms with Crippen LogP contribution >= 0.6 is 0 Å². The molecular weight excluding hydrogens is 471 g/mol. The van der Waals surface area contributed by atoms with Crippen LogP contribution in [0.25, 0.3) is 0 Å². The van der Waals surface area contributed by atoms with E-state index in [1.54, 1.807) is 36.4 Å². The molecule has 0 bridgehead atoms. The summed E-state index contributed by atoms with van der Waals surface area (Å²) in [4.78, 5) is 41.0. The molecule has 36 heavy (non-hydrogen) atoms. The zero-order chi connectivity index (χ0) is 26.4. The molecule has 1 fully saturated rings. The fourth-order valence-electron chi connectivity index (χ4n) is 4.68. The number of hydrogen-bond donors (Lipinski definition) is 1. The van der Waals surface area contributed by atoms with Crippen molar-refractivity contribution in [2.75, 3.05) is 6.54 Å². The SMILES string of the molecule is Cc1ccc(C2(c3ccccc3)NC(=O)N(CC(=O)c3cc(C)n(CC(F)(F)F)c3C)C2=O)cc1C. The number of rotatable bonds is 6. The zero-order valence-electron chi connectivity index (χ0n) is 20.4. The molecule has 188 valence electrons. The van der Waals surface area contributed by atoms with Crippen molar-refractivity contribution >= 4 is 17.7 Å². The summed E-state index contributed by atoms with van der Waals surface area (Å²) >= 11 is 0. The number of Topliss-reactive ketones (excluding diaryl/α,β-unsaturated/α-hetero) is 1. The number of halogens is 3. The number of nitrogens with one attached hydrogen (secondary N) is 1. The highest BCUT2D eigenvalue weighted by Gasteiger charge is 2.54. The van der Waals surface area contributed by atoms with E-state index in [2.05, 4.69) is 5.32 Å². The number of benzene rings is 2.